The summed E-state index contributed by atoms with van der Waals surface area (Å²) in [5, 5.41) is 3.83. The van der Waals surface area contributed by atoms with Crippen LogP contribution in [0.15, 0.2) is 36.7 Å². The Labute approximate surface area is 140 Å². The van der Waals surface area contributed by atoms with Crippen molar-refractivity contribution in [2.45, 2.75) is 0 Å². The molecule has 0 aliphatic rings. The number of carbonyl (C=O) groups is 1. The van der Waals surface area contributed by atoms with Crippen molar-refractivity contribution in [3.05, 3.63) is 52.3 Å². The second-order valence-electron chi connectivity index (χ2n) is 5.15. The zero-order chi connectivity index (χ0) is 16.1. The summed E-state index contributed by atoms with van der Waals surface area (Å²) in [4.78, 5) is 18.2. The van der Waals surface area contributed by atoms with E-state index < -0.39 is 0 Å². The zero-order valence-corrected chi connectivity index (χ0v) is 13.9. The van der Waals surface area contributed by atoms with Crippen LogP contribution in [0.2, 0.25) is 10.0 Å². The molecule has 0 saturated carbocycles. The molecular weight excluding hydrogens is 321 g/mol. The van der Waals surface area contributed by atoms with Crippen LogP contribution in [0.25, 0.3) is 11.1 Å². The molecule has 22 heavy (non-hydrogen) atoms. The van der Waals surface area contributed by atoms with Gasteiger partial charge in [0.15, 0.2) is 0 Å². The Balaban J connectivity index is 2.15. The summed E-state index contributed by atoms with van der Waals surface area (Å²) in [6, 6.07) is 7.12. The number of nitrogens with zero attached hydrogens (tertiary/aromatic N) is 2. The van der Waals surface area contributed by atoms with Crippen molar-refractivity contribution < 1.29 is 4.79 Å². The van der Waals surface area contributed by atoms with Crippen LogP contribution in [-0.2, 0) is 0 Å². The molecule has 6 heteroatoms. The lowest BCUT2D eigenvalue weighted by Gasteiger charge is -2.11. The number of amides is 1. The van der Waals surface area contributed by atoms with Crippen LogP contribution in [0.1, 0.15) is 10.4 Å². The molecule has 2 rings (SSSR count). The lowest BCUT2D eigenvalue weighted by atomic mass is 10.1. The van der Waals surface area contributed by atoms with E-state index in [9.17, 15) is 4.79 Å². The van der Waals surface area contributed by atoms with Crippen molar-refractivity contribution in [3.63, 3.8) is 0 Å². The molecule has 0 aliphatic carbocycles. The number of benzene rings is 1. The van der Waals surface area contributed by atoms with Crippen molar-refractivity contribution >= 4 is 29.1 Å². The fraction of sp³-hybridized carbons (Fsp3) is 0.250. The fourth-order valence-electron chi connectivity index (χ4n) is 1.89. The quantitative estimate of drug-likeness (QED) is 0.909. The first kappa shape index (κ1) is 16.7. The fourth-order valence-corrected chi connectivity index (χ4v) is 2.19. The molecule has 0 saturated heterocycles. The molecule has 116 valence electrons. The highest BCUT2D eigenvalue weighted by Crippen LogP contribution is 2.28. The summed E-state index contributed by atoms with van der Waals surface area (Å²) >= 11 is 11.9. The summed E-state index contributed by atoms with van der Waals surface area (Å²) in [6.45, 7) is 1.37. The lowest BCUT2D eigenvalue weighted by Crippen LogP contribution is -2.31. The van der Waals surface area contributed by atoms with Gasteiger partial charge in [0.25, 0.3) is 5.91 Å². The van der Waals surface area contributed by atoms with Gasteiger partial charge in [0.05, 0.1) is 15.6 Å². The Morgan fingerprint density at radius 1 is 1.14 bits per heavy atom. The van der Waals surface area contributed by atoms with Crippen molar-refractivity contribution in [1.29, 1.82) is 0 Å². The molecular formula is C16H17Cl2N3O. The van der Waals surface area contributed by atoms with Crippen LogP contribution in [-0.4, -0.2) is 43.0 Å². The van der Waals surface area contributed by atoms with E-state index in [1.807, 2.05) is 25.1 Å². The van der Waals surface area contributed by atoms with Gasteiger partial charge in [0, 0.05) is 31.0 Å². The van der Waals surface area contributed by atoms with Crippen molar-refractivity contribution in [3.8, 4) is 11.1 Å². The van der Waals surface area contributed by atoms with Crippen LogP contribution in [0, 0.1) is 0 Å². The number of rotatable bonds is 5. The highest BCUT2D eigenvalue weighted by atomic mass is 35.5. The number of halogens is 2. The minimum atomic E-state index is -0.142. The number of aromatic nitrogens is 1. The summed E-state index contributed by atoms with van der Waals surface area (Å²) in [5.74, 6) is -0.142. The number of nitrogens with one attached hydrogen (secondary N) is 1. The van der Waals surface area contributed by atoms with Crippen molar-refractivity contribution in [2.24, 2.45) is 0 Å². The number of pyridine rings is 1. The van der Waals surface area contributed by atoms with E-state index in [1.165, 1.54) is 0 Å². The average Bonchev–Trinajstić information content (AvgIpc) is 2.49. The molecule has 0 aliphatic heterocycles. The van der Waals surface area contributed by atoms with Crippen molar-refractivity contribution in [1.82, 2.24) is 15.2 Å². The lowest BCUT2D eigenvalue weighted by molar-refractivity contribution is 0.0950. The molecule has 0 radical (unpaired) electrons. The molecule has 0 fully saturated rings. The maximum atomic E-state index is 12.1. The minimum absolute atomic E-state index is 0.142. The third-order valence-corrected chi connectivity index (χ3v) is 3.84. The van der Waals surface area contributed by atoms with Gasteiger partial charge in [-0.15, -0.1) is 0 Å². The van der Waals surface area contributed by atoms with E-state index in [2.05, 4.69) is 10.3 Å². The third kappa shape index (κ3) is 4.44. The number of carbonyl (C=O) groups excluding carboxylic acids is 1. The maximum Gasteiger partial charge on any atom is 0.252 e. The van der Waals surface area contributed by atoms with Crippen LogP contribution in [0.5, 0.6) is 0 Å². The van der Waals surface area contributed by atoms with Gasteiger partial charge in [-0.05, 0) is 37.9 Å². The maximum absolute atomic E-state index is 12.1. The van der Waals surface area contributed by atoms with Gasteiger partial charge >= 0.3 is 0 Å². The predicted octanol–water partition coefficient (Wildman–Crippen LogP) is 3.35. The first-order chi connectivity index (χ1) is 10.5. The van der Waals surface area contributed by atoms with E-state index >= 15 is 0 Å². The van der Waals surface area contributed by atoms with Gasteiger partial charge in [-0.2, -0.15) is 0 Å². The Hall–Kier alpha value is -1.62. The highest BCUT2D eigenvalue weighted by molar-refractivity contribution is 6.42. The molecule has 0 atom stereocenters. The van der Waals surface area contributed by atoms with Crippen LogP contribution in [0.4, 0.5) is 0 Å². The van der Waals surface area contributed by atoms with E-state index in [1.54, 1.807) is 30.6 Å². The number of likely N-dealkylation sites (N-methyl/N-ethyl adjacent to an activating group) is 1. The smallest absolute Gasteiger partial charge is 0.252 e. The second kappa shape index (κ2) is 7.58. The van der Waals surface area contributed by atoms with Gasteiger partial charge < -0.3 is 10.2 Å². The first-order valence-corrected chi connectivity index (χ1v) is 7.56. The largest absolute Gasteiger partial charge is 0.351 e. The van der Waals surface area contributed by atoms with Crippen LogP contribution in [0.3, 0.4) is 0 Å². The van der Waals surface area contributed by atoms with Gasteiger partial charge in [-0.3, -0.25) is 9.78 Å². The molecule has 2 aromatic rings. The standard InChI is InChI=1S/C16H17Cl2N3O/c1-21(2)6-5-20-16(22)13-7-12(9-19-10-13)11-3-4-14(17)15(18)8-11/h3-4,7-10H,5-6H2,1-2H3,(H,20,22). The molecule has 1 aromatic heterocycles. The number of hydrogen-bond acceptors (Lipinski definition) is 3. The summed E-state index contributed by atoms with van der Waals surface area (Å²) in [5.41, 5.74) is 2.20. The monoisotopic (exact) mass is 337 g/mol. The Kier molecular flexibility index (Phi) is 5.77. The summed E-state index contributed by atoms with van der Waals surface area (Å²) < 4.78 is 0. The second-order valence-corrected chi connectivity index (χ2v) is 5.96. The Morgan fingerprint density at radius 2 is 1.91 bits per heavy atom. The van der Waals surface area contributed by atoms with E-state index in [0.29, 0.717) is 22.2 Å². The molecule has 4 nitrogen and oxygen atoms in total. The molecule has 1 heterocycles. The zero-order valence-electron chi connectivity index (χ0n) is 12.4. The molecule has 0 spiro atoms. The summed E-state index contributed by atoms with van der Waals surface area (Å²) in [7, 11) is 3.91. The molecule has 1 amide bonds. The highest BCUT2D eigenvalue weighted by Gasteiger charge is 2.09. The van der Waals surface area contributed by atoms with Gasteiger partial charge in [0.2, 0.25) is 0 Å². The third-order valence-electron chi connectivity index (χ3n) is 3.10. The predicted molar refractivity (Wildman–Crippen MR) is 90.6 cm³/mol. The van der Waals surface area contributed by atoms with Gasteiger partial charge in [-0.1, -0.05) is 29.3 Å². The molecule has 0 bridgehead atoms. The van der Waals surface area contributed by atoms with Crippen LogP contribution >= 0.6 is 23.2 Å². The summed E-state index contributed by atoms with van der Waals surface area (Å²) in [6.07, 6.45) is 3.24. The van der Waals surface area contributed by atoms with E-state index in [0.717, 1.165) is 17.7 Å². The molecule has 0 unspecified atom stereocenters. The average molecular weight is 338 g/mol. The van der Waals surface area contributed by atoms with E-state index in [4.69, 9.17) is 23.2 Å². The Bertz CT molecular complexity index is 674. The topological polar surface area (TPSA) is 45.2 Å². The SMILES string of the molecule is CN(C)CCNC(=O)c1cncc(-c2ccc(Cl)c(Cl)c2)c1. The van der Waals surface area contributed by atoms with E-state index in [-0.39, 0.29) is 5.91 Å². The van der Waals surface area contributed by atoms with Crippen LogP contribution < -0.4 is 5.32 Å². The van der Waals surface area contributed by atoms with Crippen molar-refractivity contribution in [2.75, 3.05) is 27.2 Å². The van der Waals surface area contributed by atoms with Gasteiger partial charge in [-0.25, -0.2) is 0 Å². The molecule has 1 N–H and O–H groups in total. The van der Waals surface area contributed by atoms with Gasteiger partial charge in [0.1, 0.15) is 0 Å². The normalized spacial score (nSPS) is 10.8. The minimum Gasteiger partial charge on any atom is -0.351 e. The first-order valence-electron chi connectivity index (χ1n) is 6.81. The number of hydrogen-bond donors (Lipinski definition) is 1. The Morgan fingerprint density at radius 3 is 2.59 bits per heavy atom. The molecule has 1 aromatic carbocycles.